The monoisotopic (exact) mass is 964 g/mol. The van der Waals surface area contributed by atoms with Gasteiger partial charge in [0.25, 0.3) is 0 Å². The number of carbonyl (C=O) groups excluding carboxylic acids is 1. The van der Waals surface area contributed by atoms with Gasteiger partial charge in [0.15, 0.2) is 5.71 Å². The molecule has 2 atom stereocenters. The number of rotatable bonds is 24. The fourth-order valence-corrected chi connectivity index (χ4v) is 8.68. The Balaban J connectivity index is 0.00000593. The first-order chi connectivity index (χ1) is 27.8. The molecule has 0 bridgehead atoms. The van der Waals surface area contributed by atoms with Gasteiger partial charge in [-0.25, -0.2) is 29.8 Å². The molecule has 3 rings (SSSR count). The van der Waals surface area contributed by atoms with E-state index in [1.54, 1.807) is 30.2 Å². The molecule has 2 unspecified atom stereocenters. The molecule has 62 heavy (non-hydrogen) atoms. The van der Waals surface area contributed by atoms with Gasteiger partial charge in [0.05, 0.1) is 30.4 Å². The van der Waals surface area contributed by atoms with Crippen molar-refractivity contribution in [2.24, 2.45) is 10.5 Å². The average Bonchev–Trinajstić information content (AvgIpc) is 3.47. The van der Waals surface area contributed by atoms with Crippen molar-refractivity contribution in [2.45, 2.75) is 84.0 Å². The third kappa shape index (κ3) is 21.6. The van der Waals surface area contributed by atoms with Crippen molar-refractivity contribution in [2.75, 3.05) is 57.5 Å². The van der Waals surface area contributed by atoms with Gasteiger partial charge in [0.1, 0.15) is 12.2 Å². The zero-order valence-electron chi connectivity index (χ0n) is 36.7. The molecule has 0 fully saturated rings. The largest absolute Gasteiger partial charge is 1.00 e. The maximum Gasteiger partial charge on any atom is 1.00 e. The normalized spacial score (nSPS) is 19.6. The van der Waals surface area contributed by atoms with E-state index >= 15 is 0 Å². The molecular formula is C38H56N5Na2O13S4-. The van der Waals surface area contributed by atoms with Crippen LogP contribution >= 0.6 is 0 Å². The molecule has 338 valence electrons. The smallest absolute Gasteiger partial charge is 0.748 e. The van der Waals surface area contributed by atoms with Gasteiger partial charge in [-0.1, -0.05) is 30.7 Å². The number of nitrogens with one attached hydrogen (secondary N) is 1. The second kappa shape index (κ2) is 27.7. The van der Waals surface area contributed by atoms with Crippen molar-refractivity contribution in [3.05, 3.63) is 65.9 Å². The van der Waals surface area contributed by atoms with E-state index < -0.39 is 69.1 Å². The van der Waals surface area contributed by atoms with Crippen molar-refractivity contribution in [3.63, 3.8) is 0 Å². The summed E-state index contributed by atoms with van der Waals surface area (Å²) in [5, 5.41) is 9.13. The summed E-state index contributed by atoms with van der Waals surface area (Å²) in [6.07, 6.45) is 12.8. The van der Waals surface area contributed by atoms with Crippen molar-refractivity contribution in [3.8, 4) is 0 Å². The van der Waals surface area contributed by atoms with Crippen LogP contribution in [0.5, 0.6) is 0 Å². The summed E-state index contributed by atoms with van der Waals surface area (Å²) in [5.74, 6) is -1.60. The van der Waals surface area contributed by atoms with Gasteiger partial charge in [-0.2, -0.15) is 23.3 Å². The van der Waals surface area contributed by atoms with E-state index in [0.717, 1.165) is 42.8 Å². The van der Waals surface area contributed by atoms with Crippen molar-refractivity contribution < 1.29 is 120 Å². The van der Waals surface area contributed by atoms with Crippen LogP contribution in [0, 0.1) is 11.5 Å². The molecule has 1 aromatic carbocycles. The molecule has 2 aliphatic rings. The van der Waals surface area contributed by atoms with Gasteiger partial charge in [0, 0.05) is 78.0 Å². The molecule has 0 spiro atoms. The topological polar surface area (TPSA) is 274 Å². The second-order valence-corrected chi connectivity index (χ2v) is 20.2. The Morgan fingerprint density at radius 2 is 1.44 bits per heavy atom. The van der Waals surface area contributed by atoms with Gasteiger partial charge in [-0.15, -0.1) is 18.7 Å². The Bertz CT molecular complexity index is 2260. The number of unbranched alkanes of at least 4 members (excludes halogenated alkanes) is 2. The fourth-order valence-electron chi connectivity index (χ4n) is 7.20. The van der Waals surface area contributed by atoms with E-state index in [0.29, 0.717) is 37.3 Å². The van der Waals surface area contributed by atoms with Crippen LogP contribution in [0.3, 0.4) is 0 Å². The van der Waals surface area contributed by atoms with Crippen LogP contribution in [0.1, 0.15) is 84.1 Å². The van der Waals surface area contributed by atoms with Crippen LogP contribution in [0.25, 0.3) is 0 Å². The van der Waals surface area contributed by atoms with E-state index in [9.17, 15) is 43.7 Å². The molecule has 0 radical (unpaired) electrons. The number of hydrogen-bond acceptors (Lipinski definition) is 16. The summed E-state index contributed by atoms with van der Waals surface area (Å²) >= 11 is 0. The zero-order valence-corrected chi connectivity index (χ0v) is 43.9. The van der Waals surface area contributed by atoms with Crippen molar-refractivity contribution >= 4 is 64.0 Å². The quantitative estimate of drug-likeness (QED) is 0.0262. The van der Waals surface area contributed by atoms with Crippen LogP contribution in [0.2, 0.25) is 0 Å². The summed E-state index contributed by atoms with van der Waals surface area (Å²) in [5.41, 5.74) is 2.69. The summed E-state index contributed by atoms with van der Waals surface area (Å²) in [7, 11) is -12.5. The Morgan fingerprint density at radius 3 is 2.00 bits per heavy atom. The van der Waals surface area contributed by atoms with E-state index in [1.165, 1.54) is 0 Å². The second-order valence-electron chi connectivity index (χ2n) is 15.3. The minimum atomic E-state index is -4.44. The third-order valence-electron chi connectivity index (χ3n) is 10.3. The summed E-state index contributed by atoms with van der Waals surface area (Å²) in [4.78, 5) is 14.3. The van der Waals surface area contributed by atoms with E-state index in [1.807, 2.05) is 63.2 Å². The molecule has 2 heterocycles. The molecule has 0 saturated heterocycles. The maximum absolute atomic E-state index is 12.3. The number of amides is 1. The van der Waals surface area contributed by atoms with Crippen LogP contribution in [0.15, 0.2) is 59.4 Å². The molecule has 1 amide bonds. The van der Waals surface area contributed by atoms with Gasteiger partial charge < -0.3 is 23.9 Å². The predicted molar refractivity (Wildman–Crippen MR) is 223 cm³/mol. The number of carbonyl (C=O) groups is 1. The summed E-state index contributed by atoms with van der Waals surface area (Å²) < 4.78 is 130. The molecule has 24 heteroatoms. The first-order valence-corrected chi connectivity index (χ1v) is 25.1. The van der Waals surface area contributed by atoms with Crippen LogP contribution < -0.4 is 64.4 Å². The van der Waals surface area contributed by atoms with Crippen molar-refractivity contribution in [1.82, 2.24) is 15.2 Å². The molecule has 18 nitrogen and oxygen atoms in total. The van der Waals surface area contributed by atoms with Crippen molar-refractivity contribution in [1.29, 1.82) is 0 Å². The Hall–Kier alpha value is -1.64. The third-order valence-corrected chi connectivity index (χ3v) is 12.7. The van der Waals surface area contributed by atoms with E-state index in [2.05, 4.69) is 21.1 Å². The maximum atomic E-state index is 12.3. The number of nitrogens with zero attached hydrogens (tertiary/aromatic N) is 4. The van der Waals surface area contributed by atoms with Crippen LogP contribution in [-0.4, -0.2) is 141 Å². The molecule has 0 saturated carbocycles. The van der Waals surface area contributed by atoms with Gasteiger partial charge in [-0.05, 0) is 79.0 Å². The van der Waals surface area contributed by atoms with Gasteiger partial charge in [0.2, 0.25) is 5.91 Å². The predicted octanol–water partition coefficient (Wildman–Crippen LogP) is -3.63. The number of fused-ring (bicyclic) bond motifs is 1. The zero-order chi connectivity index (χ0) is 45.4. The number of hydrogen-bond donors (Lipinski definition) is 1. The number of hydrazone groups is 1. The fraction of sp³-hybridized carbons (Fsp3) is 0.605. The number of benzene rings is 1. The van der Waals surface area contributed by atoms with Crippen LogP contribution in [0.4, 0.5) is 5.69 Å². The molecule has 1 aromatic rings. The molecular weight excluding hydrogens is 909 g/mol. The number of allylic oxidation sites excluding steroid dienone is 6. The van der Waals surface area contributed by atoms with Crippen LogP contribution in [-0.2, 0) is 51.2 Å². The number of likely N-dealkylation sites (N-methyl/N-ethyl adjacent to an activating group) is 1. The SMILES string of the molecule is CC1=NN(CCCS(=O)(=O)[O-])\C(=C/C=C/C=C/C2=[N+](CCCCCC(=O)NCCN(C)C)c3cc[c-]cc3C2(C)CCCS(=O)(=O)[O-])C1(C)CCCS(=O)(=O)[O-].O=S(=O)=O.[Na+].[Na+]. The summed E-state index contributed by atoms with van der Waals surface area (Å²) in [6.45, 7) is 7.77. The molecule has 2 aliphatic heterocycles. The molecule has 0 aliphatic carbocycles. The van der Waals surface area contributed by atoms with E-state index in [4.69, 9.17) is 12.6 Å². The van der Waals surface area contributed by atoms with Gasteiger partial charge >= 0.3 is 69.7 Å². The van der Waals surface area contributed by atoms with E-state index in [-0.39, 0.29) is 97.2 Å². The Morgan fingerprint density at radius 1 is 0.871 bits per heavy atom. The summed E-state index contributed by atoms with van der Waals surface area (Å²) in [6, 6.07) is 8.82. The minimum Gasteiger partial charge on any atom is -0.748 e. The minimum absolute atomic E-state index is 0. The van der Waals surface area contributed by atoms with Gasteiger partial charge in [-0.3, -0.25) is 9.80 Å². The molecule has 0 aromatic heterocycles. The Labute approximate surface area is 413 Å². The first-order valence-electron chi connectivity index (χ1n) is 19.3. The Kier molecular flexibility index (Phi) is 27.0. The standard InChI is InChI=1S/C38H59N5O10S3.2Na.O3S/c1-31-37(2,22-14-28-54(45,46)47)35(43(40-31)26-16-30-56(51,52)53)20-9-6-8-19-34-38(3,23-15-29-55(48,49)50)32-17-11-12-18-33(32)42(34)25-13-7-10-21-36(44)39-24-27-41(4)5;;;1-4(2)3/h6,8-9,12,17-20H,7,10,13-16,21-30H2,1-5H3,(H,39,44)(H,45,46,47)(H,48,49,50)(H,51,52,53);;;/q;2*+1;/p-3. The first kappa shape index (κ1) is 60.4. The molecule has 1 N–H and O–H groups in total. The average molecular weight is 965 g/mol.